The summed E-state index contributed by atoms with van der Waals surface area (Å²) in [5.41, 5.74) is 6.74. The zero-order valence-electron chi connectivity index (χ0n) is 9.27. The van der Waals surface area contributed by atoms with Gasteiger partial charge in [-0.3, -0.25) is 0 Å². The van der Waals surface area contributed by atoms with Crippen molar-refractivity contribution in [3.63, 3.8) is 0 Å². The van der Waals surface area contributed by atoms with Crippen molar-refractivity contribution in [1.82, 2.24) is 9.97 Å². The summed E-state index contributed by atoms with van der Waals surface area (Å²) in [6.45, 7) is 2.10. The minimum atomic E-state index is 0.685. The average Bonchev–Trinajstić information content (AvgIpc) is 2.70. The van der Waals surface area contributed by atoms with Gasteiger partial charge in [0.2, 0.25) is 0 Å². The molecule has 1 aromatic heterocycles. The maximum absolute atomic E-state index is 6.06. The summed E-state index contributed by atoms with van der Waals surface area (Å²) in [5.74, 6) is 1.68. The highest BCUT2D eigenvalue weighted by Gasteiger charge is 2.18. The van der Waals surface area contributed by atoms with E-state index in [0.29, 0.717) is 5.69 Å². The van der Waals surface area contributed by atoms with Crippen LogP contribution in [-0.2, 0) is 0 Å². The van der Waals surface area contributed by atoms with Gasteiger partial charge in [0.1, 0.15) is 12.0 Å². The zero-order valence-corrected chi connectivity index (χ0v) is 9.27. The molecule has 0 unspecified atom stereocenters. The highest BCUT2D eigenvalue weighted by molar-refractivity contribution is 5.75. The summed E-state index contributed by atoms with van der Waals surface area (Å²) in [4.78, 5) is 12.6. The number of hydrogen-bond donors (Lipinski definition) is 1. The summed E-state index contributed by atoms with van der Waals surface area (Å²) < 4.78 is 0. The van der Waals surface area contributed by atoms with E-state index in [4.69, 9.17) is 5.73 Å². The Labute approximate surface area is 89.9 Å². The van der Waals surface area contributed by atoms with Crippen LogP contribution in [0.5, 0.6) is 0 Å². The van der Waals surface area contributed by atoms with Crippen LogP contribution in [0, 0.1) is 0 Å². The first-order valence-corrected chi connectivity index (χ1v) is 5.23. The lowest BCUT2D eigenvalue weighted by Crippen LogP contribution is -2.22. The van der Waals surface area contributed by atoms with Crippen molar-refractivity contribution in [1.29, 1.82) is 0 Å². The first kappa shape index (κ1) is 10.0. The maximum Gasteiger partial charge on any atom is 0.157 e. The van der Waals surface area contributed by atoms with Gasteiger partial charge in [0.25, 0.3) is 0 Å². The van der Waals surface area contributed by atoms with Crippen LogP contribution in [0.4, 0.5) is 17.3 Å². The monoisotopic (exact) mass is 207 g/mol. The van der Waals surface area contributed by atoms with Crippen LogP contribution in [0.15, 0.2) is 6.33 Å². The molecule has 0 saturated carbocycles. The normalized spacial score (nSPS) is 15.7. The van der Waals surface area contributed by atoms with Gasteiger partial charge in [-0.15, -0.1) is 0 Å². The van der Waals surface area contributed by atoms with E-state index in [1.807, 2.05) is 19.0 Å². The third kappa shape index (κ3) is 1.82. The molecule has 1 saturated heterocycles. The van der Waals surface area contributed by atoms with Gasteiger partial charge in [-0.05, 0) is 12.8 Å². The fourth-order valence-corrected chi connectivity index (χ4v) is 1.91. The molecule has 2 N–H and O–H groups in total. The molecule has 1 fully saturated rings. The molecule has 2 rings (SSSR count). The summed E-state index contributed by atoms with van der Waals surface area (Å²) in [7, 11) is 3.87. The van der Waals surface area contributed by atoms with E-state index in [2.05, 4.69) is 14.9 Å². The van der Waals surface area contributed by atoms with Crippen molar-refractivity contribution in [2.75, 3.05) is 42.7 Å². The Balaban J connectivity index is 2.34. The molecule has 1 aromatic rings. The molecule has 15 heavy (non-hydrogen) atoms. The van der Waals surface area contributed by atoms with Crippen molar-refractivity contribution in [3.8, 4) is 0 Å². The molecular formula is C10H17N5. The molecule has 0 aliphatic carbocycles. The quantitative estimate of drug-likeness (QED) is 0.774. The highest BCUT2D eigenvalue weighted by Crippen LogP contribution is 2.29. The average molecular weight is 207 g/mol. The van der Waals surface area contributed by atoms with Crippen LogP contribution < -0.4 is 15.5 Å². The standard InChI is InChI=1S/C10H17N5/c1-14(2)9-8(11)10(13-7-12-9)15-5-3-4-6-15/h7H,3-6,11H2,1-2H3. The van der Waals surface area contributed by atoms with Gasteiger partial charge < -0.3 is 15.5 Å². The molecule has 0 amide bonds. The largest absolute Gasteiger partial charge is 0.393 e. The van der Waals surface area contributed by atoms with Crippen LogP contribution in [-0.4, -0.2) is 37.2 Å². The third-order valence-corrected chi connectivity index (χ3v) is 2.67. The van der Waals surface area contributed by atoms with Crippen LogP contribution in [0.2, 0.25) is 0 Å². The molecule has 0 atom stereocenters. The smallest absolute Gasteiger partial charge is 0.157 e. The van der Waals surface area contributed by atoms with Gasteiger partial charge in [0.05, 0.1) is 0 Å². The number of aromatic nitrogens is 2. The second-order valence-corrected chi connectivity index (χ2v) is 4.02. The molecular weight excluding hydrogens is 190 g/mol. The minimum Gasteiger partial charge on any atom is -0.393 e. The fraction of sp³-hybridized carbons (Fsp3) is 0.600. The van der Waals surface area contributed by atoms with E-state index in [1.54, 1.807) is 6.33 Å². The van der Waals surface area contributed by atoms with Crippen LogP contribution >= 0.6 is 0 Å². The Bertz CT molecular complexity index is 344. The van der Waals surface area contributed by atoms with Gasteiger partial charge in [-0.25, -0.2) is 9.97 Å². The Morgan fingerprint density at radius 2 is 1.93 bits per heavy atom. The fourth-order valence-electron chi connectivity index (χ4n) is 1.91. The first-order valence-electron chi connectivity index (χ1n) is 5.23. The molecule has 5 nitrogen and oxygen atoms in total. The second kappa shape index (κ2) is 3.92. The van der Waals surface area contributed by atoms with Crippen molar-refractivity contribution in [3.05, 3.63) is 6.33 Å². The van der Waals surface area contributed by atoms with Crippen LogP contribution in [0.1, 0.15) is 12.8 Å². The molecule has 0 bridgehead atoms. The summed E-state index contributed by atoms with van der Waals surface area (Å²) in [6, 6.07) is 0. The van der Waals surface area contributed by atoms with E-state index >= 15 is 0 Å². The lowest BCUT2D eigenvalue weighted by Gasteiger charge is -2.21. The maximum atomic E-state index is 6.06. The molecule has 0 radical (unpaired) electrons. The van der Waals surface area contributed by atoms with E-state index < -0.39 is 0 Å². The van der Waals surface area contributed by atoms with Crippen LogP contribution in [0.3, 0.4) is 0 Å². The summed E-state index contributed by atoms with van der Waals surface area (Å²) in [5, 5.41) is 0. The number of nitrogen functional groups attached to an aromatic ring is 1. The number of nitrogens with zero attached hydrogens (tertiary/aromatic N) is 4. The Morgan fingerprint density at radius 1 is 1.27 bits per heavy atom. The van der Waals surface area contributed by atoms with Gasteiger partial charge in [0, 0.05) is 27.2 Å². The summed E-state index contributed by atoms with van der Waals surface area (Å²) in [6.07, 6.45) is 4.03. The first-order chi connectivity index (χ1) is 7.20. The molecule has 0 spiro atoms. The molecule has 0 aromatic carbocycles. The van der Waals surface area contributed by atoms with Crippen molar-refractivity contribution in [2.24, 2.45) is 0 Å². The molecule has 2 heterocycles. The Kier molecular flexibility index (Phi) is 2.62. The highest BCUT2D eigenvalue weighted by atomic mass is 15.2. The van der Waals surface area contributed by atoms with Gasteiger partial charge >= 0.3 is 0 Å². The van der Waals surface area contributed by atoms with Crippen LogP contribution in [0.25, 0.3) is 0 Å². The topological polar surface area (TPSA) is 58.3 Å². The second-order valence-electron chi connectivity index (χ2n) is 4.02. The Hall–Kier alpha value is -1.52. The van der Waals surface area contributed by atoms with Gasteiger partial charge in [-0.1, -0.05) is 0 Å². The van der Waals surface area contributed by atoms with E-state index in [-0.39, 0.29) is 0 Å². The van der Waals surface area contributed by atoms with Crippen molar-refractivity contribution < 1.29 is 0 Å². The van der Waals surface area contributed by atoms with Gasteiger partial charge in [0.15, 0.2) is 11.6 Å². The minimum absolute atomic E-state index is 0.685. The Morgan fingerprint density at radius 3 is 2.53 bits per heavy atom. The predicted molar refractivity (Wildman–Crippen MR) is 62.2 cm³/mol. The lowest BCUT2D eigenvalue weighted by atomic mass is 10.4. The molecule has 1 aliphatic rings. The number of hydrogen-bond acceptors (Lipinski definition) is 5. The summed E-state index contributed by atoms with van der Waals surface area (Å²) >= 11 is 0. The van der Waals surface area contributed by atoms with E-state index in [9.17, 15) is 0 Å². The number of rotatable bonds is 2. The van der Waals surface area contributed by atoms with E-state index in [0.717, 1.165) is 24.7 Å². The van der Waals surface area contributed by atoms with Crippen molar-refractivity contribution >= 4 is 17.3 Å². The van der Waals surface area contributed by atoms with E-state index in [1.165, 1.54) is 12.8 Å². The SMILES string of the molecule is CN(C)c1ncnc(N2CCCC2)c1N. The van der Waals surface area contributed by atoms with Crippen molar-refractivity contribution in [2.45, 2.75) is 12.8 Å². The molecule has 5 heteroatoms. The lowest BCUT2D eigenvalue weighted by molar-refractivity contribution is 0.923. The number of nitrogens with two attached hydrogens (primary N) is 1. The third-order valence-electron chi connectivity index (χ3n) is 2.67. The van der Waals surface area contributed by atoms with Gasteiger partial charge in [-0.2, -0.15) is 0 Å². The predicted octanol–water partition coefficient (Wildman–Crippen LogP) is 0.725. The molecule has 82 valence electrons. The zero-order chi connectivity index (χ0) is 10.8. The number of anilines is 3. The molecule has 1 aliphatic heterocycles.